The number of rotatable bonds is 15. The number of benzene rings is 3. The molecule has 0 aliphatic rings. The molecule has 0 aliphatic heterocycles. The van der Waals surface area contributed by atoms with Crippen molar-refractivity contribution in [3.05, 3.63) is 90.5 Å². The van der Waals surface area contributed by atoms with Crippen molar-refractivity contribution in [2.24, 2.45) is 0 Å². The minimum Gasteiger partial charge on any atom is -0.465 e. The highest BCUT2D eigenvalue weighted by atomic mass is 32.2. The Bertz CT molecular complexity index is 1020. The Kier molecular flexibility index (Phi) is 12.2. The smallest absolute Gasteiger partial charge is 0.320 e. The van der Waals surface area contributed by atoms with Gasteiger partial charge in [-0.05, 0) is 44.5 Å². The van der Waals surface area contributed by atoms with Gasteiger partial charge in [0, 0.05) is 19.8 Å². The number of carbonyl (C=O) groups excluding carboxylic acids is 2. The molecule has 3 aromatic rings. The second-order valence-corrected chi connectivity index (χ2v) is 10.2. The van der Waals surface area contributed by atoms with Crippen molar-refractivity contribution in [1.29, 1.82) is 0 Å². The van der Waals surface area contributed by atoms with Crippen molar-refractivity contribution in [2.45, 2.75) is 41.6 Å². The van der Waals surface area contributed by atoms with Crippen LogP contribution in [0.2, 0.25) is 0 Å². The first-order chi connectivity index (χ1) is 18.1. The monoisotopic (exact) mass is 521 g/mol. The highest BCUT2D eigenvalue weighted by Gasteiger charge is 2.24. The summed E-state index contributed by atoms with van der Waals surface area (Å²) in [5.74, 6) is -0.707. The van der Waals surface area contributed by atoms with Gasteiger partial charge in [-0.3, -0.25) is 14.5 Å². The van der Waals surface area contributed by atoms with Crippen LogP contribution < -0.4 is 0 Å². The molecule has 0 aromatic heterocycles. The lowest BCUT2D eigenvalue weighted by molar-refractivity contribution is -0.148. The van der Waals surface area contributed by atoms with E-state index in [0.29, 0.717) is 39.4 Å². The lowest BCUT2D eigenvalue weighted by Gasteiger charge is -2.20. The van der Waals surface area contributed by atoms with E-state index in [1.807, 2.05) is 18.2 Å². The van der Waals surface area contributed by atoms with Crippen LogP contribution in [0.25, 0.3) is 0 Å². The minimum atomic E-state index is -0.353. The first-order valence-corrected chi connectivity index (χ1v) is 13.8. The van der Waals surface area contributed by atoms with Crippen LogP contribution in [0.5, 0.6) is 0 Å². The standard InChI is InChI=1S/C30H35NO5S/c1-3-35-29(32)22-31(23-30(33)36-4-2)20-11-21-34-24-25-16-18-28(19-17-25)37(26-12-7-5-8-13-26)27-14-9-6-10-15-27/h5-10,12-18H,3-4,11,20-24H2,1-2H3. The normalized spacial score (nSPS) is 11.0. The number of hydrogen-bond donors (Lipinski definition) is 0. The minimum absolute atomic E-state index is 0.0495. The van der Waals surface area contributed by atoms with Crippen LogP contribution in [0.1, 0.15) is 25.8 Å². The zero-order valence-corrected chi connectivity index (χ0v) is 22.4. The molecule has 0 spiro atoms. The summed E-state index contributed by atoms with van der Waals surface area (Å²) in [6.07, 6.45) is 0.673. The predicted octanol–water partition coefficient (Wildman–Crippen LogP) is 4.92. The lowest BCUT2D eigenvalue weighted by Crippen LogP contribution is -2.37. The highest BCUT2D eigenvalue weighted by Crippen LogP contribution is 2.30. The van der Waals surface area contributed by atoms with Gasteiger partial charge in [0.05, 0.1) is 42.1 Å². The highest BCUT2D eigenvalue weighted by molar-refractivity contribution is 7.97. The van der Waals surface area contributed by atoms with E-state index in [1.165, 1.54) is 9.79 Å². The van der Waals surface area contributed by atoms with Crippen molar-refractivity contribution >= 4 is 22.8 Å². The third-order valence-electron chi connectivity index (χ3n) is 5.37. The third kappa shape index (κ3) is 9.69. The second kappa shape index (κ2) is 15.9. The van der Waals surface area contributed by atoms with E-state index < -0.39 is 0 Å². The van der Waals surface area contributed by atoms with Crippen molar-refractivity contribution in [1.82, 2.24) is 4.90 Å². The Morgan fingerprint density at radius 1 is 0.811 bits per heavy atom. The number of esters is 2. The largest absolute Gasteiger partial charge is 0.465 e. The lowest BCUT2D eigenvalue weighted by atomic mass is 10.2. The maximum atomic E-state index is 11.9. The van der Waals surface area contributed by atoms with E-state index in [2.05, 4.69) is 66.7 Å². The van der Waals surface area contributed by atoms with Gasteiger partial charge in [-0.2, -0.15) is 12.1 Å². The van der Waals surface area contributed by atoms with Gasteiger partial charge in [-0.1, -0.05) is 36.4 Å². The topological polar surface area (TPSA) is 65.1 Å². The summed E-state index contributed by atoms with van der Waals surface area (Å²) in [6, 6.07) is 30.7. The summed E-state index contributed by atoms with van der Waals surface area (Å²) in [5.41, 5.74) is 1.04. The Labute approximate surface area is 222 Å². The summed E-state index contributed by atoms with van der Waals surface area (Å²) in [6.45, 7) is 5.73. The number of nitrogens with zero attached hydrogens (tertiary/aromatic N) is 1. The average molecular weight is 522 g/mol. The molecule has 0 radical (unpaired) electrons. The average Bonchev–Trinajstić information content (AvgIpc) is 2.91. The van der Waals surface area contributed by atoms with Crippen LogP contribution in [0.15, 0.2) is 93.5 Å². The van der Waals surface area contributed by atoms with Crippen LogP contribution in [-0.4, -0.2) is 56.3 Å². The number of hydrogen-bond acceptors (Lipinski definition) is 6. The van der Waals surface area contributed by atoms with E-state index in [0.717, 1.165) is 10.5 Å². The van der Waals surface area contributed by atoms with Crippen LogP contribution >= 0.6 is 0 Å². The number of carbonyl (C=O) groups is 2. The van der Waals surface area contributed by atoms with Gasteiger partial charge in [0.2, 0.25) is 0 Å². The maximum Gasteiger partial charge on any atom is 0.320 e. The maximum absolute atomic E-state index is 11.9. The molecule has 0 saturated carbocycles. The fourth-order valence-electron chi connectivity index (χ4n) is 3.74. The SMILES string of the molecule is CCOC(=O)CN(CCCOCc1c[c-]c([S+](c2ccccc2)c2ccccc2)cc1)CC(=O)OCC. The van der Waals surface area contributed by atoms with E-state index >= 15 is 0 Å². The van der Waals surface area contributed by atoms with Gasteiger partial charge in [-0.15, -0.1) is 17.7 Å². The van der Waals surface area contributed by atoms with E-state index in [9.17, 15) is 9.59 Å². The van der Waals surface area contributed by atoms with Crippen LogP contribution in [-0.2, 0) is 41.3 Å². The summed E-state index contributed by atoms with van der Waals surface area (Å²) in [4.78, 5) is 29.1. The third-order valence-corrected chi connectivity index (χ3v) is 7.56. The molecule has 7 heteroatoms. The van der Waals surface area contributed by atoms with Gasteiger partial charge < -0.3 is 14.2 Å². The van der Waals surface area contributed by atoms with Gasteiger partial charge in [0.25, 0.3) is 0 Å². The molecule has 37 heavy (non-hydrogen) atoms. The predicted molar refractivity (Wildman–Crippen MR) is 144 cm³/mol. The summed E-state index contributed by atoms with van der Waals surface area (Å²) in [7, 11) is -0.228. The molecular formula is C30H35NO5S. The zero-order chi connectivity index (χ0) is 26.3. The van der Waals surface area contributed by atoms with Crippen LogP contribution in [0, 0.1) is 6.07 Å². The van der Waals surface area contributed by atoms with Crippen molar-refractivity contribution in [2.75, 3.05) is 39.5 Å². The molecule has 0 unspecified atom stereocenters. The van der Waals surface area contributed by atoms with Gasteiger partial charge >= 0.3 is 11.9 Å². The molecule has 0 bridgehead atoms. The molecule has 196 valence electrons. The Hall–Kier alpha value is -3.13. The van der Waals surface area contributed by atoms with Gasteiger partial charge in [0.15, 0.2) is 9.79 Å². The number of ether oxygens (including phenoxy) is 3. The summed E-state index contributed by atoms with van der Waals surface area (Å²) >= 11 is 0. The molecule has 6 nitrogen and oxygen atoms in total. The Morgan fingerprint density at radius 3 is 1.86 bits per heavy atom. The van der Waals surface area contributed by atoms with Crippen LogP contribution in [0.3, 0.4) is 0 Å². The van der Waals surface area contributed by atoms with E-state index in [1.54, 1.807) is 18.7 Å². The Balaban J connectivity index is 1.52. The molecule has 0 atom stereocenters. The molecule has 0 saturated heterocycles. The fourth-order valence-corrected chi connectivity index (χ4v) is 5.75. The van der Waals surface area contributed by atoms with Crippen molar-refractivity contribution in [3.63, 3.8) is 0 Å². The summed E-state index contributed by atoms with van der Waals surface area (Å²) < 4.78 is 15.9. The second-order valence-electron chi connectivity index (χ2n) is 8.22. The molecule has 0 N–H and O–H groups in total. The molecule has 0 aliphatic carbocycles. The molecule has 3 rings (SSSR count). The fraction of sp³-hybridized carbons (Fsp3) is 0.333. The molecule has 0 fully saturated rings. The quantitative estimate of drug-likeness (QED) is 0.122. The summed E-state index contributed by atoms with van der Waals surface area (Å²) in [5, 5.41) is 0. The first kappa shape index (κ1) is 28.4. The van der Waals surface area contributed by atoms with Gasteiger partial charge in [-0.25, -0.2) is 0 Å². The first-order valence-electron chi connectivity index (χ1n) is 12.6. The molecule has 3 aromatic carbocycles. The van der Waals surface area contributed by atoms with Crippen LogP contribution in [0.4, 0.5) is 0 Å². The molecule has 0 amide bonds. The van der Waals surface area contributed by atoms with Crippen molar-refractivity contribution in [3.8, 4) is 0 Å². The zero-order valence-electron chi connectivity index (χ0n) is 21.6. The molecule has 0 heterocycles. The van der Waals surface area contributed by atoms with Gasteiger partial charge in [0.1, 0.15) is 0 Å². The Morgan fingerprint density at radius 2 is 1.38 bits per heavy atom. The van der Waals surface area contributed by atoms with E-state index in [-0.39, 0.29) is 35.9 Å². The van der Waals surface area contributed by atoms with E-state index in [4.69, 9.17) is 14.2 Å². The molecular weight excluding hydrogens is 486 g/mol. The van der Waals surface area contributed by atoms with Crippen molar-refractivity contribution < 1.29 is 23.8 Å².